The van der Waals surface area contributed by atoms with E-state index in [1.54, 1.807) is 29.4 Å². The summed E-state index contributed by atoms with van der Waals surface area (Å²) in [6.45, 7) is 8.21. The van der Waals surface area contributed by atoms with Crippen molar-refractivity contribution in [3.8, 4) is 0 Å². The average molecular weight is 354 g/mol. The molecule has 0 amide bonds. The summed E-state index contributed by atoms with van der Waals surface area (Å²) in [6.07, 6.45) is 4.26. The van der Waals surface area contributed by atoms with Gasteiger partial charge in [-0.1, -0.05) is 11.8 Å². The molecule has 2 aromatic heterocycles. The summed E-state index contributed by atoms with van der Waals surface area (Å²) in [5.74, 6) is 0.974. The molecule has 0 aliphatic carbocycles. The van der Waals surface area contributed by atoms with Gasteiger partial charge in [-0.3, -0.25) is 4.90 Å². The van der Waals surface area contributed by atoms with Crippen LogP contribution < -0.4 is 4.90 Å². The van der Waals surface area contributed by atoms with E-state index in [1.165, 1.54) is 0 Å². The van der Waals surface area contributed by atoms with Crippen LogP contribution in [-0.2, 0) is 4.74 Å². The molecule has 0 bridgehead atoms. The van der Waals surface area contributed by atoms with E-state index in [0.717, 1.165) is 46.7 Å². The SMILES string of the molecule is CSc1nc2ncnc(N(C)CCN3C[C@@H](C)O[C@@H](C)C3)c2s1. The fourth-order valence-electron chi connectivity index (χ4n) is 2.95. The van der Waals surface area contributed by atoms with E-state index in [4.69, 9.17) is 4.74 Å². The van der Waals surface area contributed by atoms with Crippen molar-refractivity contribution in [3.63, 3.8) is 0 Å². The predicted molar refractivity (Wildman–Crippen MR) is 96.7 cm³/mol. The smallest absolute Gasteiger partial charge is 0.176 e. The first-order valence-corrected chi connectivity index (χ1v) is 9.85. The number of nitrogens with zero attached hydrogens (tertiary/aromatic N) is 5. The molecule has 8 heteroatoms. The van der Waals surface area contributed by atoms with Crippen LogP contribution in [0.3, 0.4) is 0 Å². The second kappa shape index (κ2) is 7.29. The van der Waals surface area contributed by atoms with E-state index in [2.05, 4.69) is 45.6 Å². The van der Waals surface area contributed by atoms with Gasteiger partial charge in [-0.2, -0.15) is 0 Å². The summed E-state index contributed by atoms with van der Waals surface area (Å²) < 4.78 is 7.90. The van der Waals surface area contributed by atoms with E-state index in [1.807, 2.05) is 6.26 Å². The second-order valence-electron chi connectivity index (χ2n) is 5.97. The Kier molecular flexibility index (Phi) is 5.35. The average Bonchev–Trinajstić information content (AvgIpc) is 2.94. The fourth-order valence-corrected chi connectivity index (χ4v) is 4.50. The molecule has 126 valence electrons. The standard InChI is InChI=1S/C15H23N5OS2/c1-10-7-20(8-11(2)21-10)6-5-19(3)14-12-13(16-9-17-14)18-15(22-4)23-12/h9-11H,5-8H2,1-4H3/t10-,11+. The summed E-state index contributed by atoms with van der Waals surface area (Å²) in [6, 6.07) is 0. The molecule has 1 fully saturated rings. The Bertz CT molecular complexity index is 654. The zero-order valence-electron chi connectivity index (χ0n) is 14.0. The number of hydrogen-bond acceptors (Lipinski definition) is 8. The number of thiazole rings is 1. The van der Waals surface area contributed by atoms with Crippen LogP contribution in [0.15, 0.2) is 10.7 Å². The third kappa shape index (κ3) is 3.93. The maximum atomic E-state index is 5.80. The van der Waals surface area contributed by atoms with Crippen LogP contribution in [0.1, 0.15) is 13.8 Å². The molecule has 3 rings (SSSR count). The van der Waals surface area contributed by atoms with Crippen LogP contribution >= 0.6 is 23.1 Å². The van der Waals surface area contributed by atoms with Gasteiger partial charge in [0, 0.05) is 33.2 Å². The number of morpholine rings is 1. The lowest BCUT2D eigenvalue weighted by Crippen LogP contribution is -2.47. The highest BCUT2D eigenvalue weighted by molar-refractivity contribution is 8.00. The Hall–Kier alpha value is -0.960. The highest BCUT2D eigenvalue weighted by atomic mass is 32.2. The molecule has 6 nitrogen and oxygen atoms in total. The molecule has 0 saturated carbocycles. The Labute approximate surface area is 145 Å². The zero-order chi connectivity index (χ0) is 16.4. The Morgan fingerprint density at radius 3 is 2.78 bits per heavy atom. The summed E-state index contributed by atoms with van der Waals surface area (Å²) >= 11 is 3.32. The van der Waals surface area contributed by atoms with Crippen LogP contribution in [0.4, 0.5) is 5.82 Å². The monoisotopic (exact) mass is 353 g/mol. The molecule has 0 radical (unpaired) electrons. The van der Waals surface area contributed by atoms with Gasteiger partial charge in [0.15, 0.2) is 15.8 Å². The van der Waals surface area contributed by atoms with Crippen LogP contribution in [0.2, 0.25) is 0 Å². The van der Waals surface area contributed by atoms with Crippen molar-refractivity contribution in [1.82, 2.24) is 19.9 Å². The van der Waals surface area contributed by atoms with Gasteiger partial charge in [0.25, 0.3) is 0 Å². The molecule has 0 unspecified atom stereocenters. The van der Waals surface area contributed by atoms with Gasteiger partial charge >= 0.3 is 0 Å². The van der Waals surface area contributed by atoms with Crippen molar-refractivity contribution in [2.75, 3.05) is 44.4 Å². The molecular weight excluding hydrogens is 330 g/mol. The summed E-state index contributed by atoms with van der Waals surface area (Å²) in [4.78, 5) is 18.0. The minimum atomic E-state index is 0.306. The van der Waals surface area contributed by atoms with Crippen molar-refractivity contribution in [1.29, 1.82) is 0 Å². The summed E-state index contributed by atoms with van der Waals surface area (Å²) in [7, 11) is 2.09. The third-order valence-electron chi connectivity index (χ3n) is 3.94. The highest BCUT2D eigenvalue weighted by Crippen LogP contribution is 2.32. The van der Waals surface area contributed by atoms with Gasteiger partial charge in [0.1, 0.15) is 11.0 Å². The molecule has 23 heavy (non-hydrogen) atoms. The number of rotatable bonds is 5. The molecule has 2 aromatic rings. The van der Waals surface area contributed by atoms with Crippen LogP contribution in [0, 0.1) is 0 Å². The molecule has 0 N–H and O–H groups in total. The minimum Gasteiger partial charge on any atom is -0.373 e. The van der Waals surface area contributed by atoms with Crippen molar-refractivity contribution < 1.29 is 4.74 Å². The molecule has 1 aliphatic heterocycles. The Morgan fingerprint density at radius 1 is 1.35 bits per heavy atom. The van der Waals surface area contributed by atoms with E-state index >= 15 is 0 Å². The number of hydrogen-bond donors (Lipinski definition) is 0. The summed E-state index contributed by atoms with van der Waals surface area (Å²) in [5, 5.41) is 0. The van der Waals surface area contributed by atoms with Gasteiger partial charge in [-0.15, -0.1) is 11.3 Å². The van der Waals surface area contributed by atoms with Gasteiger partial charge in [0.05, 0.1) is 12.2 Å². The minimum absolute atomic E-state index is 0.306. The number of thioether (sulfide) groups is 1. The number of likely N-dealkylation sites (N-methyl/N-ethyl adjacent to an activating group) is 1. The maximum absolute atomic E-state index is 5.80. The van der Waals surface area contributed by atoms with Crippen molar-refractivity contribution in [2.24, 2.45) is 0 Å². The lowest BCUT2D eigenvalue weighted by atomic mass is 10.2. The van der Waals surface area contributed by atoms with Crippen LogP contribution in [0.5, 0.6) is 0 Å². The number of ether oxygens (including phenoxy) is 1. The number of aromatic nitrogens is 3. The first-order valence-electron chi connectivity index (χ1n) is 7.81. The van der Waals surface area contributed by atoms with Crippen molar-refractivity contribution in [3.05, 3.63) is 6.33 Å². The molecule has 1 saturated heterocycles. The molecule has 0 spiro atoms. The lowest BCUT2D eigenvalue weighted by Gasteiger charge is -2.36. The Morgan fingerprint density at radius 2 is 2.09 bits per heavy atom. The third-order valence-corrected chi connectivity index (χ3v) is 5.96. The van der Waals surface area contributed by atoms with E-state index in [-0.39, 0.29) is 0 Å². The van der Waals surface area contributed by atoms with Crippen molar-refractivity contribution >= 4 is 39.3 Å². The van der Waals surface area contributed by atoms with Crippen LogP contribution in [-0.4, -0.2) is 71.5 Å². The summed E-state index contributed by atoms with van der Waals surface area (Å²) in [5.41, 5.74) is 0.796. The largest absolute Gasteiger partial charge is 0.373 e. The first-order chi connectivity index (χ1) is 11.1. The molecule has 0 aromatic carbocycles. The topological polar surface area (TPSA) is 54.4 Å². The van der Waals surface area contributed by atoms with Gasteiger partial charge in [-0.25, -0.2) is 15.0 Å². The highest BCUT2D eigenvalue weighted by Gasteiger charge is 2.22. The molecule has 1 aliphatic rings. The van der Waals surface area contributed by atoms with E-state index < -0.39 is 0 Å². The predicted octanol–water partition coefficient (Wildman–Crippen LogP) is 2.35. The van der Waals surface area contributed by atoms with E-state index in [9.17, 15) is 0 Å². The molecule has 2 atom stereocenters. The number of anilines is 1. The van der Waals surface area contributed by atoms with E-state index in [0.29, 0.717) is 12.2 Å². The fraction of sp³-hybridized carbons (Fsp3) is 0.667. The van der Waals surface area contributed by atoms with Gasteiger partial charge in [-0.05, 0) is 20.1 Å². The quantitative estimate of drug-likeness (QED) is 0.765. The first kappa shape index (κ1) is 16.9. The zero-order valence-corrected chi connectivity index (χ0v) is 15.7. The normalized spacial score (nSPS) is 22.6. The Balaban J connectivity index is 1.68. The number of fused-ring (bicyclic) bond motifs is 1. The molecule has 3 heterocycles. The lowest BCUT2D eigenvalue weighted by molar-refractivity contribution is -0.0670. The van der Waals surface area contributed by atoms with Crippen molar-refractivity contribution in [2.45, 2.75) is 30.4 Å². The molecular formula is C15H23N5OS2. The second-order valence-corrected chi connectivity index (χ2v) is 8.02. The van der Waals surface area contributed by atoms with Gasteiger partial charge in [0.2, 0.25) is 0 Å². The van der Waals surface area contributed by atoms with Gasteiger partial charge < -0.3 is 9.64 Å². The maximum Gasteiger partial charge on any atom is 0.176 e. The van der Waals surface area contributed by atoms with Crippen LogP contribution in [0.25, 0.3) is 10.3 Å².